The van der Waals surface area contributed by atoms with Gasteiger partial charge in [0.15, 0.2) is 0 Å². The van der Waals surface area contributed by atoms with Gasteiger partial charge in [0, 0.05) is 43.4 Å². The number of carbonyl (C=O) groups is 2. The van der Waals surface area contributed by atoms with Crippen LogP contribution in [0.3, 0.4) is 0 Å². The first-order valence-corrected chi connectivity index (χ1v) is 9.83. The molecule has 2 N–H and O–H groups in total. The van der Waals surface area contributed by atoms with Crippen LogP contribution in [0.4, 0.5) is 10.1 Å². The van der Waals surface area contributed by atoms with Crippen molar-refractivity contribution in [3.63, 3.8) is 0 Å². The van der Waals surface area contributed by atoms with E-state index >= 15 is 0 Å². The van der Waals surface area contributed by atoms with E-state index in [4.69, 9.17) is 11.6 Å². The third-order valence-electron chi connectivity index (χ3n) is 5.00. The molecule has 0 aliphatic carbocycles. The number of rotatable bonds is 5. The molecule has 1 aliphatic heterocycles. The Morgan fingerprint density at radius 2 is 1.62 bits per heavy atom. The van der Waals surface area contributed by atoms with Crippen LogP contribution in [0.5, 0.6) is 0 Å². The third-order valence-corrected chi connectivity index (χ3v) is 5.25. The van der Waals surface area contributed by atoms with Crippen LogP contribution in [-0.2, 0) is 9.59 Å². The van der Waals surface area contributed by atoms with Gasteiger partial charge in [-0.15, -0.1) is 0 Å². The number of halogens is 2. The second-order valence-electron chi connectivity index (χ2n) is 7.08. The van der Waals surface area contributed by atoms with E-state index in [0.29, 0.717) is 10.7 Å². The first kappa shape index (κ1) is 21.2. The van der Waals surface area contributed by atoms with Crippen molar-refractivity contribution in [2.45, 2.75) is 6.04 Å². The van der Waals surface area contributed by atoms with Crippen molar-refractivity contribution < 1.29 is 14.0 Å². The lowest BCUT2D eigenvalue weighted by Gasteiger charge is -2.38. The lowest BCUT2D eigenvalue weighted by molar-refractivity contribution is -0.136. The van der Waals surface area contributed by atoms with Crippen LogP contribution in [0, 0.1) is 5.82 Å². The number of benzene rings is 2. The van der Waals surface area contributed by atoms with Crippen LogP contribution < -0.4 is 10.6 Å². The van der Waals surface area contributed by atoms with Gasteiger partial charge >= 0.3 is 11.8 Å². The molecule has 6 nitrogen and oxygen atoms in total. The molecular weight excluding hydrogens is 395 g/mol. The second kappa shape index (κ2) is 9.82. The molecule has 3 rings (SSSR count). The monoisotopic (exact) mass is 418 g/mol. The maximum Gasteiger partial charge on any atom is 0.313 e. The van der Waals surface area contributed by atoms with E-state index in [1.165, 1.54) is 12.1 Å². The van der Waals surface area contributed by atoms with Crippen molar-refractivity contribution in [2.24, 2.45) is 0 Å². The minimum atomic E-state index is -0.747. The van der Waals surface area contributed by atoms with Gasteiger partial charge in [0.05, 0.1) is 6.04 Å². The van der Waals surface area contributed by atoms with Crippen molar-refractivity contribution in [1.29, 1.82) is 0 Å². The third kappa shape index (κ3) is 6.00. The Labute approximate surface area is 174 Å². The number of carbonyl (C=O) groups excluding carboxylic acids is 2. The maximum absolute atomic E-state index is 13.3. The minimum Gasteiger partial charge on any atom is -0.346 e. The van der Waals surface area contributed by atoms with Crippen molar-refractivity contribution in [1.82, 2.24) is 15.1 Å². The second-order valence-corrected chi connectivity index (χ2v) is 7.51. The molecule has 2 aromatic carbocycles. The summed E-state index contributed by atoms with van der Waals surface area (Å²) in [4.78, 5) is 29.0. The Kier molecular flexibility index (Phi) is 7.19. The Morgan fingerprint density at radius 1 is 1.00 bits per heavy atom. The predicted octanol–water partition coefficient (Wildman–Crippen LogP) is 2.52. The zero-order valence-electron chi connectivity index (χ0n) is 16.2. The maximum atomic E-state index is 13.3. The molecule has 2 aromatic rings. The molecule has 0 spiro atoms. The SMILES string of the molecule is CN1CCN([C@H](CNC(=O)C(=O)Nc2ccc(Cl)cc2)c2ccc(F)cc2)CC1. The quantitative estimate of drug-likeness (QED) is 0.732. The average Bonchev–Trinajstić information content (AvgIpc) is 2.72. The van der Waals surface area contributed by atoms with Crippen LogP contribution in [0.25, 0.3) is 0 Å². The summed E-state index contributed by atoms with van der Waals surface area (Å²) in [5, 5.41) is 5.80. The van der Waals surface area contributed by atoms with E-state index in [1.807, 2.05) is 0 Å². The summed E-state index contributed by atoms with van der Waals surface area (Å²) in [7, 11) is 2.06. The fourth-order valence-electron chi connectivity index (χ4n) is 3.27. The van der Waals surface area contributed by atoms with Gasteiger partial charge in [-0.1, -0.05) is 23.7 Å². The van der Waals surface area contributed by atoms with Gasteiger partial charge in [-0.05, 0) is 49.0 Å². The lowest BCUT2D eigenvalue weighted by atomic mass is 10.0. The van der Waals surface area contributed by atoms with E-state index in [0.717, 1.165) is 31.7 Å². The number of piperazine rings is 1. The highest BCUT2D eigenvalue weighted by Gasteiger charge is 2.25. The highest BCUT2D eigenvalue weighted by Crippen LogP contribution is 2.22. The predicted molar refractivity (Wildman–Crippen MR) is 111 cm³/mol. The van der Waals surface area contributed by atoms with E-state index in [-0.39, 0.29) is 18.4 Å². The molecule has 154 valence electrons. The van der Waals surface area contributed by atoms with Crippen molar-refractivity contribution in [3.8, 4) is 0 Å². The zero-order valence-corrected chi connectivity index (χ0v) is 17.0. The largest absolute Gasteiger partial charge is 0.346 e. The summed E-state index contributed by atoms with van der Waals surface area (Å²) in [6, 6.07) is 12.6. The molecule has 0 aromatic heterocycles. The number of nitrogens with one attached hydrogen (secondary N) is 2. The van der Waals surface area contributed by atoms with Crippen molar-refractivity contribution in [3.05, 3.63) is 64.9 Å². The summed E-state index contributed by atoms with van der Waals surface area (Å²) in [5.74, 6) is -1.78. The molecule has 29 heavy (non-hydrogen) atoms. The van der Waals surface area contributed by atoms with Crippen LogP contribution >= 0.6 is 11.6 Å². The molecule has 1 fully saturated rings. The number of hydrogen-bond donors (Lipinski definition) is 2. The van der Waals surface area contributed by atoms with Crippen molar-refractivity contribution >= 4 is 29.1 Å². The fourth-order valence-corrected chi connectivity index (χ4v) is 3.39. The van der Waals surface area contributed by atoms with Crippen LogP contribution in [0.15, 0.2) is 48.5 Å². The highest BCUT2D eigenvalue weighted by molar-refractivity contribution is 6.39. The average molecular weight is 419 g/mol. The minimum absolute atomic E-state index is 0.142. The Bertz CT molecular complexity index is 837. The number of likely N-dealkylation sites (N-methyl/N-ethyl adjacent to an activating group) is 1. The normalized spacial score (nSPS) is 16.2. The van der Waals surface area contributed by atoms with E-state index < -0.39 is 11.8 Å². The van der Waals surface area contributed by atoms with Gasteiger partial charge < -0.3 is 15.5 Å². The highest BCUT2D eigenvalue weighted by atomic mass is 35.5. The van der Waals surface area contributed by atoms with Gasteiger partial charge in [0.25, 0.3) is 0 Å². The van der Waals surface area contributed by atoms with E-state index in [9.17, 15) is 14.0 Å². The van der Waals surface area contributed by atoms with Gasteiger partial charge in [-0.3, -0.25) is 14.5 Å². The number of hydrogen-bond acceptors (Lipinski definition) is 4. The summed E-state index contributed by atoms with van der Waals surface area (Å²) < 4.78 is 13.3. The summed E-state index contributed by atoms with van der Waals surface area (Å²) in [6.45, 7) is 3.71. The summed E-state index contributed by atoms with van der Waals surface area (Å²) >= 11 is 5.82. The molecule has 1 aliphatic rings. The molecule has 1 atom stereocenters. The van der Waals surface area contributed by atoms with Gasteiger partial charge in [0.2, 0.25) is 0 Å². The molecule has 0 saturated carbocycles. The van der Waals surface area contributed by atoms with Gasteiger partial charge in [-0.2, -0.15) is 0 Å². The van der Waals surface area contributed by atoms with Crippen LogP contribution in [0.1, 0.15) is 11.6 Å². The standard InChI is InChI=1S/C21H24ClFN4O2/c1-26-10-12-27(13-11-26)19(15-2-6-17(23)7-3-15)14-24-20(28)21(29)25-18-8-4-16(22)5-9-18/h2-9,19H,10-14H2,1H3,(H,24,28)(H,25,29)/t19-/m1/s1. The molecule has 0 radical (unpaired) electrons. The van der Waals surface area contributed by atoms with E-state index in [2.05, 4.69) is 27.5 Å². The van der Waals surface area contributed by atoms with Gasteiger partial charge in [-0.25, -0.2) is 4.39 Å². The Balaban J connectivity index is 1.63. The lowest BCUT2D eigenvalue weighted by Crippen LogP contribution is -2.49. The molecule has 1 heterocycles. The summed E-state index contributed by atoms with van der Waals surface area (Å²) in [6.07, 6.45) is 0. The van der Waals surface area contributed by atoms with Crippen LogP contribution in [0.2, 0.25) is 5.02 Å². The zero-order chi connectivity index (χ0) is 20.8. The smallest absolute Gasteiger partial charge is 0.313 e. The van der Waals surface area contributed by atoms with E-state index in [1.54, 1.807) is 36.4 Å². The van der Waals surface area contributed by atoms with Gasteiger partial charge in [0.1, 0.15) is 5.82 Å². The fraction of sp³-hybridized carbons (Fsp3) is 0.333. The molecule has 0 unspecified atom stereocenters. The molecule has 2 amide bonds. The first-order valence-electron chi connectivity index (χ1n) is 9.45. The molecular formula is C21H24ClFN4O2. The molecule has 0 bridgehead atoms. The Morgan fingerprint density at radius 3 is 2.24 bits per heavy atom. The number of anilines is 1. The molecule has 1 saturated heterocycles. The number of amides is 2. The topological polar surface area (TPSA) is 64.7 Å². The molecule has 8 heteroatoms. The first-order chi connectivity index (χ1) is 13.9. The summed E-state index contributed by atoms with van der Waals surface area (Å²) in [5.41, 5.74) is 1.39. The van der Waals surface area contributed by atoms with Crippen molar-refractivity contribution in [2.75, 3.05) is 45.1 Å². The number of nitrogens with zero attached hydrogens (tertiary/aromatic N) is 2. The Hall–Kier alpha value is -2.48. The van der Waals surface area contributed by atoms with Crippen LogP contribution in [-0.4, -0.2) is 61.4 Å².